The van der Waals surface area contributed by atoms with Crippen molar-refractivity contribution < 1.29 is 9.18 Å². The summed E-state index contributed by atoms with van der Waals surface area (Å²) in [6.07, 6.45) is 0.679. The Hall–Kier alpha value is -2.18. The van der Waals surface area contributed by atoms with Gasteiger partial charge in [0.25, 0.3) is 0 Å². The molecule has 0 radical (unpaired) electrons. The van der Waals surface area contributed by atoms with Crippen LogP contribution in [0.2, 0.25) is 0 Å². The zero-order valence-electron chi connectivity index (χ0n) is 14.3. The summed E-state index contributed by atoms with van der Waals surface area (Å²) in [5.41, 5.74) is 3.01. The molecule has 0 aliphatic carbocycles. The van der Waals surface area contributed by atoms with Gasteiger partial charge in [0.1, 0.15) is 5.82 Å². The zero-order chi connectivity index (χ0) is 18.4. The molecule has 0 aliphatic rings. The summed E-state index contributed by atoms with van der Waals surface area (Å²) < 4.78 is 13.8. The second kappa shape index (κ2) is 8.96. The number of hydrogen-bond donors (Lipinski definition) is 1. The Morgan fingerprint density at radius 1 is 1.19 bits per heavy atom. The van der Waals surface area contributed by atoms with Crippen LogP contribution < -0.4 is 5.32 Å². The Balaban J connectivity index is 1.48. The topological polar surface area (TPSA) is 42.0 Å². The van der Waals surface area contributed by atoms with Crippen LogP contribution in [-0.4, -0.2) is 22.7 Å². The smallest absolute Gasteiger partial charge is 0.233 e. The third-order valence-electron chi connectivity index (χ3n) is 3.83. The number of rotatable bonds is 7. The van der Waals surface area contributed by atoms with Gasteiger partial charge in [-0.05, 0) is 31.0 Å². The molecule has 0 unspecified atom stereocenters. The first-order valence-electron chi connectivity index (χ1n) is 8.31. The third kappa shape index (κ3) is 5.16. The molecule has 1 N–H and O–H groups in total. The van der Waals surface area contributed by atoms with Crippen LogP contribution in [0.15, 0.2) is 64.3 Å². The van der Waals surface area contributed by atoms with E-state index in [4.69, 9.17) is 0 Å². The van der Waals surface area contributed by atoms with Crippen molar-refractivity contribution in [2.45, 2.75) is 22.9 Å². The molecule has 0 saturated carbocycles. The van der Waals surface area contributed by atoms with Gasteiger partial charge in [-0.1, -0.05) is 54.2 Å². The molecule has 0 saturated heterocycles. The van der Waals surface area contributed by atoms with Gasteiger partial charge in [0.2, 0.25) is 5.91 Å². The molecule has 6 heteroatoms. The molecule has 1 aromatic heterocycles. The quantitative estimate of drug-likeness (QED) is 0.594. The molecule has 1 heterocycles. The highest BCUT2D eigenvalue weighted by atomic mass is 32.2. The highest BCUT2D eigenvalue weighted by Gasteiger charge is 2.16. The molecule has 0 bridgehead atoms. The van der Waals surface area contributed by atoms with Crippen molar-refractivity contribution in [1.29, 1.82) is 0 Å². The van der Waals surface area contributed by atoms with Crippen LogP contribution in [0.4, 0.5) is 4.39 Å². The van der Waals surface area contributed by atoms with Gasteiger partial charge < -0.3 is 5.32 Å². The number of carbonyl (C=O) groups is 1. The molecular formula is C20H19FN2OS2. The van der Waals surface area contributed by atoms with Crippen LogP contribution in [0.3, 0.4) is 0 Å². The van der Waals surface area contributed by atoms with E-state index < -0.39 is 0 Å². The normalized spacial score (nSPS) is 11.9. The van der Waals surface area contributed by atoms with E-state index in [-0.39, 0.29) is 17.0 Å². The summed E-state index contributed by atoms with van der Waals surface area (Å²) in [6.45, 7) is 2.41. The number of amides is 1. The first kappa shape index (κ1) is 18.6. The Labute approximate surface area is 160 Å². The van der Waals surface area contributed by atoms with E-state index in [1.807, 2.05) is 42.6 Å². The molecule has 1 amide bonds. The van der Waals surface area contributed by atoms with Crippen LogP contribution in [0.5, 0.6) is 0 Å². The van der Waals surface area contributed by atoms with Gasteiger partial charge in [-0.3, -0.25) is 4.79 Å². The van der Waals surface area contributed by atoms with E-state index in [1.54, 1.807) is 23.5 Å². The Bertz CT molecular complexity index is 850. The largest absolute Gasteiger partial charge is 0.355 e. The minimum atomic E-state index is -0.249. The first-order valence-corrected chi connectivity index (χ1v) is 10.1. The second-order valence-electron chi connectivity index (χ2n) is 5.79. The lowest BCUT2D eigenvalue weighted by atomic mass is 10.1. The lowest BCUT2D eigenvalue weighted by Crippen LogP contribution is -2.32. The van der Waals surface area contributed by atoms with E-state index >= 15 is 0 Å². The molecule has 3 rings (SSSR count). The van der Waals surface area contributed by atoms with Crippen molar-refractivity contribution in [3.05, 3.63) is 71.4 Å². The fraction of sp³-hybridized carbons (Fsp3) is 0.200. The number of hydrogen-bond acceptors (Lipinski definition) is 4. The number of halogens is 1. The van der Waals surface area contributed by atoms with Crippen LogP contribution >= 0.6 is 23.1 Å². The van der Waals surface area contributed by atoms with Crippen molar-refractivity contribution in [2.24, 2.45) is 0 Å². The molecule has 0 spiro atoms. The van der Waals surface area contributed by atoms with Gasteiger partial charge in [-0.2, -0.15) is 0 Å². The summed E-state index contributed by atoms with van der Waals surface area (Å²) in [6, 6.07) is 16.3. The standard InChI is InChI=1S/C20H19FN2OS2/c1-14(19(24)22-12-11-15-7-9-17(21)10-8-15)26-20-23-18(13-25-20)16-5-3-2-4-6-16/h2-10,13-14H,11-12H2,1H3,(H,22,24)/t14-/m1/s1. The van der Waals surface area contributed by atoms with Crippen LogP contribution in [-0.2, 0) is 11.2 Å². The third-order valence-corrected chi connectivity index (χ3v) is 5.90. The van der Waals surface area contributed by atoms with Gasteiger partial charge >= 0.3 is 0 Å². The summed E-state index contributed by atoms with van der Waals surface area (Å²) in [4.78, 5) is 16.9. The Kier molecular flexibility index (Phi) is 6.41. The summed E-state index contributed by atoms with van der Waals surface area (Å²) in [5.74, 6) is -0.269. The molecule has 0 fully saturated rings. The van der Waals surface area contributed by atoms with Crippen LogP contribution in [0.1, 0.15) is 12.5 Å². The molecule has 3 aromatic rings. The average Bonchev–Trinajstić information content (AvgIpc) is 3.12. The first-order chi connectivity index (χ1) is 12.6. The van der Waals surface area contributed by atoms with Gasteiger partial charge in [0.05, 0.1) is 10.9 Å². The van der Waals surface area contributed by atoms with Gasteiger partial charge in [-0.25, -0.2) is 9.37 Å². The number of carbonyl (C=O) groups excluding carboxylic acids is 1. The fourth-order valence-electron chi connectivity index (χ4n) is 2.38. The van der Waals surface area contributed by atoms with E-state index in [9.17, 15) is 9.18 Å². The minimum Gasteiger partial charge on any atom is -0.355 e. The molecule has 1 atom stereocenters. The van der Waals surface area contributed by atoms with Crippen molar-refractivity contribution in [3.63, 3.8) is 0 Å². The van der Waals surface area contributed by atoms with E-state index in [0.717, 1.165) is 21.2 Å². The predicted molar refractivity (Wildman–Crippen MR) is 106 cm³/mol. The minimum absolute atomic E-state index is 0.0198. The Morgan fingerprint density at radius 2 is 1.92 bits per heavy atom. The van der Waals surface area contributed by atoms with Crippen molar-refractivity contribution in [1.82, 2.24) is 10.3 Å². The Morgan fingerprint density at radius 3 is 2.65 bits per heavy atom. The molecule has 2 aromatic carbocycles. The van der Waals surface area contributed by atoms with Crippen LogP contribution in [0.25, 0.3) is 11.3 Å². The van der Waals surface area contributed by atoms with Crippen LogP contribution in [0, 0.1) is 5.82 Å². The highest BCUT2D eigenvalue weighted by molar-refractivity contribution is 8.02. The predicted octanol–water partition coefficient (Wildman–Crippen LogP) is 4.79. The van der Waals surface area contributed by atoms with E-state index in [2.05, 4.69) is 10.3 Å². The number of thiazole rings is 1. The lowest BCUT2D eigenvalue weighted by Gasteiger charge is -2.10. The number of aromatic nitrogens is 1. The zero-order valence-corrected chi connectivity index (χ0v) is 15.9. The highest BCUT2D eigenvalue weighted by Crippen LogP contribution is 2.30. The van der Waals surface area contributed by atoms with Crippen molar-refractivity contribution >= 4 is 29.0 Å². The van der Waals surface area contributed by atoms with Crippen molar-refractivity contribution in [3.8, 4) is 11.3 Å². The lowest BCUT2D eigenvalue weighted by molar-refractivity contribution is -0.120. The van der Waals surface area contributed by atoms with Crippen molar-refractivity contribution in [2.75, 3.05) is 6.54 Å². The van der Waals surface area contributed by atoms with E-state index in [0.29, 0.717) is 13.0 Å². The molecule has 134 valence electrons. The van der Waals surface area contributed by atoms with E-state index in [1.165, 1.54) is 23.9 Å². The molecule has 0 aliphatic heterocycles. The number of nitrogens with one attached hydrogen (secondary N) is 1. The van der Waals surface area contributed by atoms with Gasteiger partial charge in [0.15, 0.2) is 4.34 Å². The maximum absolute atomic E-state index is 12.9. The average molecular weight is 387 g/mol. The summed E-state index contributed by atoms with van der Waals surface area (Å²) in [5, 5.41) is 4.71. The molecular weight excluding hydrogens is 367 g/mol. The molecule has 26 heavy (non-hydrogen) atoms. The number of benzene rings is 2. The van der Waals surface area contributed by atoms with Gasteiger partial charge in [0, 0.05) is 17.5 Å². The van der Waals surface area contributed by atoms with Gasteiger partial charge in [-0.15, -0.1) is 11.3 Å². The number of nitrogens with zero attached hydrogens (tertiary/aromatic N) is 1. The number of thioether (sulfide) groups is 1. The fourth-order valence-corrected chi connectivity index (χ4v) is 4.38. The monoisotopic (exact) mass is 386 g/mol. The maximum atomic E-state index is 12.9. The summed E-state index contributed by atoms with van der Waals surface area (Å²) in [7, 11) is 0. The second-order valence-corrected chi connectivity index (χ2v) is 8.24. The SMILES string of the molecule is C[C@@H](Sc1nc(-c2ccccc2)cs1)C(=O)NCCc1ccc(F)cc1. The summed E-state index contributed by atoms with van der Waals surface area (Å²) >= 11 is 3.01. The molecule has 3 nitrogen and oxygen atoms in total. The maximum Gasteiger partial charge on any atom is 0.233 e.